The first-order chi connectivity index (χ1) is 13.5. The number of anilines is 1. The first-order valence-corrected chi connectivity index (χ1v) is 9.50. The van der Waals surface area contributed by atoms with Gasteiger partial charge in [0.05, 0.1) is 13.2 Å². The summed E-state index contributed by atoms with van der Waals surface area (Å²) in [7, 11) is 3.99. The lowest BCUT2D eigenvalue weighted by atomic mass is 10.2. The van der Waals surface area contributed by atoms with Crippen molar-refractivity contribution in [2.45, 2.75) is 6.10 Å². The molecular formula is C21H24ClN3O3. The summed E-state index contributed by atoms with van der Waals surface area (Å²) in [5, 5.41) is 0.314. The number of hydrogen-bond acceptors (Lipinski definition) is 5. The lowest BCUT2D eigenvalue weighted by molar-refractivity contribution is -0.134. The zero-order chi connectivity index (χ0) is 19.9. The number of nitrogens with zero attached hydrogens (tertiary/aromatic N) is 3. The van der Waals surface area contributed by atoms with Crippen LogP contribution in [0.1, 0.15) is 5.56 Å². The highest BCUT2D eigenvalue weighted by Gasteiger charge is 2.23. The number of rotatable bonds is 6. The molecule has 1 amide bonds. The number of halogens is 1. The molecule has 1 fully saturated rings. The molecule has 148 valence electrons. The minimum Gasteiger partial charge on any atom is -0.488 e. The van der Waals surface area contributed by atoms with Crippen molar-refractivity contribution in [2.24, 2.45) is 0 Å². The number of carbonyl (C=O) groups excluding carboxylic acids is 1. The molecule has 1 aromatic carbocycles. The minimum absolute atomic E-state index is 0.0376. The van der Waals surface area contributed by atoms with E-state index in [1.54, 1.807) is 29.3 Å². The predicted molar refractivity (Wildman–Crippen MR) is 111 cm³/mol. The Bertz CT molecular complexity index is 824. The molecule has 2 heterocycles. The fourth-order valence-electron chi connectivity index (χ4n) is 2.84. The minimum atomic E-state index is -0.207. The van der Waals surface area contributed by atoms with E-state index in [0.717, 1.165) is 11.3 Å². The molecule has 1 aromatic heterocycles. The van der Waals surface area contributed by atoms with E-state index in [9.17, 15) is 4.79 Å². The van der Waals surface area contributed by atoms with Gasteiger partial charge in [0.15, 0.2) is 10.9 Å². The van der Waals surface area contributed by atoms with Crippen molar-refractivity contribution in [2.75, 3.05) is 45.3 Å². The smallest absolute Gasteiger partial charge is 0.246 e. The highest BCUT2D eigenvalue weighted by Crippen LogP contribution is 2.21. The molecule has 0 aliphatic carbocycles. The zero-order valence-corrected chi connectivity index (χ0v) is 16.8. The molecule has 0 N–H and O–H groups in total. The van der Waals surface area contributed by atoms with Gasteiger partial charge in [-0.1, -0.05) is 23.7 Å². The molecular weight excluding hydrogens is 378 g/mol. The van der Waals surface area contributed by atoms with Gasteiger partial charge in [-0.25, -0.2) is 4.98 Å². The van der Waals surface area contributed by atoms with Crippen LogP contribution in [0.4, 0.5) is 5.69 Å². The zero-order valence-electron chi connectivity index (χ0n) is 16.0. The van der Waals surface area contributed by atoms with Gasteiger partial charge in [-0.15, -0.1) is 0 Å². The van der Waals surface area contributed by atoms with Crippen LogP contribution in [0.25, 0.3) is 6.08 Å². The Morgan fingerprint density at radius 3 is 2.86 bits per heavy atom. The molecule has 1 aliphatic heterocycles. The van der Waals surface area contributed by atoms with Gasteiger partial charge < -0.3 is 19.3 Å². The van der Waals surface area contributed by atoms with Gasteiger partial charge in [-0.05, 0) is 35.9 Å². The lowest BCUT2D eigenvalue weighted by Gasteiger charge is -2.32. The Balaban J connectivity index is 1.53. The van der Waals surface area contributed by atoms with Crippen molar-refractivity contribution >= 4 is 29.3 Å². The van der Waals surface area contributed by atoms with Gasteiger partial charge >= 0.3 is 0 Å². The van der Waals surface area contributed by atoms with Gasteiger partial charge in [0.2, 0.25) is 5.91 Å². The Hall–Kier alpha value is -2.57. The van der Waals surface area contributed by atoms with E-state index < -0.39 is 0 Å². The van der Waals surface area contributed by atoms with Crippen LogP contribution in [0.2, 0.25) is 5.15 Å². The average molecular weight is 402 g/mol. The number of hydrogen-bond donors (Lipinski definition) is 0. The average Bonchev–Trinajstić information content (AvgIpc) is 2.72. The van der Waals surface area contributed by atoms with Gasteiger partial charge in [-0.2, -0.15) is 0 Å². The molecule has 6 nitrogen and oxygen atoms in total. The summed E-state index contributed by atoms with van der Waals surface area (Å²) in [5.41, 5.74) is 2.10. The summed E-state index contributed by atoms with van der Waals surface area (Å²) in [4.78, 5) is 20.3. The predicted octanol–water partition coefficient (Wildman–Crippen LogP) is 3.12. The van der Waals surface area contributed by atoms with E-state index in [0.29, 0.717) is 37.2 Å². The van der Waals surface area contributed by atoms with Crippen LogP contribution in [0.3, 0.4) is 0 Å². The Labute approximate surface area is 170 Å². The molecule has 28 heavy (non-hydrogen) atoms. The van der Waals surface area contributed by atoms with Crippen molar-refractivity contribution < 1.29 is 14.3 Å². The summed E-state index contributed by atoms with van der Waals surface area (Å²) in [6.45, 7) is 1.82. The van der Waals surface area contributed by atoms with Gasteiger partial charge in [0, 0.05) is 38.6 Å². The fourth-order valence-corrected chi connectivity index (χ4v) is 3.01. The fraction of sp³-hybridized carbons (Fsp3) is 0.333. The number of morpholine rings is 1. The molecule has 1 unspecified atom stereocenters. The molecule has 1 aliphatic rings. The normalized spacial score (nSPS) is 17.0. The molecule has 1 atom stereocenters. The maximum absolute atomic E-state index is 12.5. The Kier molecular flexibility index (Phi) is 6.90. The largest absolute Gasteiger partial charge is 0.488 e. The third-order valence-corrected chi connectivity index (χ3v) is 4.71. The van der Waals surface area contributed by atoms with Crippen molar-refractivity contribution in [3.8, 4) is 5.75 Å². The van der Waals surface area contributed by atoms with Crippen molar-refractivity contribution in [3.05, 3.63) is 59.4 Å². The van der Waals surface area contributed by atoms with E-state index in [4.69, 9.17) is 21.1 Å². The van der Waals surface area contributed by atoms with Gasteiger partial charge in [-0.3, -0.25) is 4.79 Å². The maximum Gasteiger partial charge on any atom is 0.246 e. The summed E-state index contributed by atoms with van der Waals surface area (Å²) in [6.07, 6.45) is 4.83. The molecule has 2 aromatic rings. The second kappa shape index (κ2) is 9.57. The van der Waals surface area contributed by atoms with Crippen molar-refractivity contribution in [1.29, 1.82) is 0 Å². The molecule has 3 rings (SSSR count). The van der Waals surface area contributed by atoms with E-state index in [-0.39, 0.29) is 12.0 Å². The van der Waals surface area contributed by atoms with Crippen LogP contribution < -0.4 is 9.64 Å². The van der Waals surface area contributed by atoms with E-state index in [2.05, 4.69) is 4.98 Å². The van der Waals surface area contributed by atoms with Crippen molar-refractivity contribution in [1.82, 2.24) is 9.88 Å². The van der Waals surface area contributed by atoms with Crippen LogP contribution in [0, 0.1) is 0 Å². The Morgan fingerprint density at radius 2 is 2.14 bits per heavy atom. The number of carbonyl (C=O) groups is 1. The molecule has 0 bridgehead atoms. The highest BCUT2D eigenvalue weighted by molar-refractivity contribution is 6.30. The monoisotopic (exact) mass is 401 g/mol. The first-order valence-electron chi connectivity index (χ1n) is 9.12. The van der Waals surface area contributed by atoms with Crippen molar-refractivity contribution in [3.63, 3.8) is 0 Å². The number of benzene rings is 1. The lowest BCUT2D eigenvalue weighted by Crippen LogP contribution is -2.47. The van der Waals surface area contributed by atoms with E-state index in [1.165, 1.54) is 0 Å². The van der Waals surface area contributed by atoms with E-state index >= 15 is 0 Å². The standard InChI is InChI=1S/C21H24ClN3O3/c1-24(2)17-8-5-16(6-9-17)7-10-20(26)25-12-13-27-18(14-25)15-28-19-4-3-11-23-21(19)22/h3-11,18H,12-15H2,1-2H3/b10-7+. The van der Waals surface area contributed by atoms with E-state index in [1.807, 2.05) is 49.3 Å². The molecule has 7 heteroatoms. The molecule has 1 saturated heterocycles. The first kappa shape index (κ1) is 20.2. The third-order valence-electron chi connectivity index (χ3n) is 4.43. The molecule has 0 saturated carbocycles. The SMILES string of the molecule is CN(C)c1ccc(/C=C/C(=O)N2CCOC(COc3cccnc3Cl)C2)cc1. The highest BCUT2D eigenvalue weighted by atomic mass is 35.5. The van der Waals surface area contributed by atoms with Crippen LogP contribution in [-0.2, 0) is 9.53 Å². The number of aromatic nitrogens is 1. The summed E-state index contributed by atoms with van der Waals surface area (Å²) in [6, 6.07) is 11.5. The van der Waals surface area contributed by atoms with Crippen LogP contribution in [0.5, 0.6) is 5.75 Å². The van der Waals surface area contributed by atoms with Gasteiger partial charge in [0.1, 0.15) is 12.7 Å². The third kappa shape index (κ3) is 5.47. The molecule has 0 spiro atoms. The summed E-state index contributed by atoms with van der Waals surface area (Å²) in [5.74, 6) is 0.474. The second-order valence-corrected chi connectivity index (χ2v) is 7.06. The second-order valence-electron chi connectivity index (χ2n) is 6.70. The number of amides is 1. The Morgan fingerprint density at radius 1 is 1.36 bits per heavy atom. The van der Waals surface area contributed by atoms with Crippen LogP contribution in [0.15, 0.2) is 48.7 Å². The van der Waals surface area contributed by atoms with Crippen LogP contribution >= 0.6 is 11.6 Å². The summed E-state index contributed by atoms with van der Waals surface area (Å²) >= 11 is 5.99. The van der Waals surface area contributed by atoms with Gasteiger partial charge in [0.25, 0.3) is 0 Å². The molecule has 0 radical (unpaired) electrons. The number of ether oxygens (including phenoxy) is 2. The maximum atomic E-state index is 12.5. The number of pyridine rings is 1. The quantitative estimate of drug-likeness (QED) is 0.550. The topological polar surface area (TPSA) is 54.9 Å². The van der Waals surface area contributed by atoms with Crippen LogP contribution in [-0.4, -0.2) is 62.3 Å². The summed E-state index contributed by atoms with van der Waals surface area (Å²) < 4.78 is 11.4.